The fourth-order valence-corrected chi connectivity index (χ4v) is 3.86. The molecule has 0 aliphatic carbocycles. The Bertz CT molecular complexity index is 194. The Hall–Kier alpha value is -0.136. The molecule has 1 fully saturated rings. The van der Waals surface area contributed by atoms with Gasteiger partial charge in [0.1, 0.15) is 16.2 Å². The van der Waals surface area contributed by atoms with Crippen molar-refractivity contribution in [3.8, 4) is 0 Å². The number of carbonyl (C=O) groups is 1. The van der Waals surface area contributed by atoms with E-state index in [-0.39, 0.29) is 11.7 Å². The molecule has 1 rings (SSSR count). The molecule has 0 aromatic heterocycles. The molecule has 0 bridgehead atoms. The van der Waals surface area contributed by atoms with Crippen LogP contribution in [-0.4, -0.2) is 30.5 Å². The van der Waals surface area contributed by atoms with Gasteiger partial charge in [0.25, 0.3) is 0 Å². The molecule has 1 saturated heterocycles. The highest BCUT2D eigenvalue weighted by molar-refractivity contribution is 6.75. The Kier molecular flexibility index (Phi) is 3.69. The molecule has 0 saturated carbocycles. The standard InChI is InChI=1S/C8H18O3Si2/c1-13(2,11-12)8-6-4-3-5-7(9)10-8/h8H,3-6H2,1-2,12H3. The van der Waals surface area contributed by atoms with E-state index >= 15 is 0 Å². The van der Waals surface area contributed by atoms with Crippen LogP contribution in [0.1, 0.15) is 25.7 Å². The summed E-state index contributed by atoms with van der Waals surface area (Å²) in [7, 11) is -0.988. The van der Waals surface area contributed by atoms with Crippen molar-refractivity contribution in [3.05, 3.63) is 0 Å². The fourth-order valence-electron chi connectivity index (χ4n) is 1.50. The first kappa shape index (κ1) is 10.9. The second-order valence-corrected chi connectivity index (χ2v) is 9.52. The van der Waals surface area contributed by atoms with E-state index in [1.165, 1.54) is 0 Å². The summed E-state index contributed by atoms with van der Waals surface area (Å²) in [5.41, 5.74) is 0.0833. The number of hydrogen-bond acceptors (Lipinski definition) is 3. The lowest BCUT2D eigenvalue weighted by Crippen LogP contribution is -2.46. The van der Waals surface area contributed by atoms with Crippen molar-refractivity contribution in [2.75, 3.05) is 0 Å². The summed E-state index contributed by atoms with van der Waals surface area (Å²) in [6, 6.07) is 0. The van der Waals surface area contributed by atoms with Crippen LogP contribution >= 0.6 is 0 Å². The third-order valence-electron chi connectivity index (χ3n) is 2.67. The van der Waals surface area contributed by atoms with Crippen LogP contribution in [0, 0.1) is 0 Å². The maximum absolute atomic E-state index is 11.2. The predicted molar refractivity (Wildman–Crippen MR) is 56.9 cm³/mol. The molecule has 0 aromatic rings. The quantitative estimate of drug-likeness (QED) is 0.500. The van der Waals surface area contributed by atoms with Gasteiger partial charge < -0.3 is 8.85 Å². The molecular weight excluding hydrogens is 200 g/mol. The van der Waals surface area contributed by atoms with Gasteiger partial charge >= 0.3 is 5.97 Å². The first-order chi connectivity index (χ1) is 6.06. The van der Waals surface area contributed by atoms with Crippen molar-refractivity contribution in [1.82, 2.24) is 0 Å². The van der Waals surface area contributed by atoms with Crippen LogP contribution in [-0.2, 0) is 13.6 Å². The highest BCUT2D eigenvalue weighted by atomic mass is 28.4. The van der Waals surface area contributed by atoms with Crippen LogP contribution in [0.15, 0.2) is 0 Å². The first-order valence-electron chi connectivity index (χ1n) is 4.81. The average molecular weight is 218 g/mol. The lowest BCUT2D eigenvalue weighted by Gasteiger charge is -2.29. The first-order valence-corrected chi connectivity index (χ1v) is 8.61. The molecule has 5 heteroatoms. The van der Waals surface area contributed by atoms with Crippen LogP contribution < -0.4 is 0 Å². The van der Waals surface area contributed by atoms with Gasteiger partial charge in [0.05, 0.1) is 0 Å². The minimum atomic E-state index is -1.73. The summed E-state index contributed by atoms with van der Waals surface area (Å²) in [6.07, 6.45) is 3.65. The molecule has 1 aliphatic heterocycles. The molecule has 0 amide bonds. The topological polar surface area (TPSA) is 35.5 Å². The van der Waals surface area contributed by atoms with E-state index in [4.69, 9.17) is 8.85 Å². The molecule has 1 heterocycles. The molecule has 13 heavy (non-hydrogen) atoms. The fraction of sp³-hybridized carbons (Fsp3) is 0.875. The molecular formula is C8H18O3Si2. The number of carbonyl (C=O) groups excluding carboxylic acids is 1. The Morgan fingerprint density at radius 3 is 2.85 bits per heavy atom. The van der Waals surface area contributed by atoms with Crippen molar-refractivity contribution in [1.29, 1.82) is 0 Å². The Balaban J connectivity index is 2.62. The number of cyclic esters (lactones) is 1. The summed E-state index contributed by atoms with van der Waals surface area (Å²) < 4.78 is 11.0. The SMILES string of the molecule is C[Si](C)(O[SiH3])C1CCCCC(=O)O1. The van der Waals surface area contributed by atoms with E-state index in [1.807, 2.05) is 0 Å². The number of rotatable bonds is 2. The Labute approximate surface area is 83.5 Å². The molecule has 0 radical (unpaired) electrons. The molecule has 3 nitrogen and oxygen atoms in total. The van der Waals surface area contributed by atoms with E-state index in [0.717, 1.165) is 29.7 Å². The van der Waals surface area contributed by atoms with Gasteiger partial charge in [-0.05, 0) is 32.4 Å². The van der Waals surface area contributed by atoms with Gasteiger partial charge in [-0.3, -0.25) is 4.79 Å². The van der Waals surface area contributed by atoms with Gasteiger partial charge in [0, 0.05) is 6.42 Å². The summed E-state index contributed by atoms with van der Waals surface area (Å²) in [6.45, 7) is 4.26. The van der Waals surface area contributed by atoms with E-state index < -0.39 is 8.32 Å². The third kappa shape index (κ3) is 2.93. The van der Waals surface area contributed by atoms with Crippen LogP contribution in [0.5, 0.6) is 0 Å². The van der Waals surface area contributed by atoms with Crippen molar-refractivity contribution in [2.24, 2.45) is 0 Å². The van der Waals surface area contributed by atoms with Crippen LogP contribution in [0.2, 0.25) is 13.1 Å². The third-order valence-corrected chi connectivity index (χ3v) is 8.84. The maximum Gasteiger partial charge on any atom is 0.305 e. The van der Waals surface area contributed by atoms with Crippen molar-refractivity contribution in [2.45, 2.75) is 44.5 Å². The number of hydrogen-bond donors (Lipinski definition) is 0. The van der Waals surface area contributed by atoms with Gasteiger partial charge in [0.15, 0.2) is 0 Å². The number of esters is 1. The van der Waals surface area contributed by atoms with E-state index in [9.17, 15) is 4.79 Å². The van der Waals surface area contributed by atoms with E-state index in [0.29, 0.717) is 6.42 Å². The lowest BCUT2D eigenvalue weighted by molar-refractivity contribution is -0.145. The van der Waals surface area contributed by atoms with Gasteiger partial charge in [-0.1, -0.05) is 0 Å². The molecule has 0 spiro atoms. The van der Waals surface area contributed by atoms with E-state index in [2.05, 4.69) is 13.1 Å². The minimum Gasteiger partial charge on any atom is -0.463 e. The zero-order valence-electron chi connectivity index (χ0n) is 8.63. The number of ether oxygens (including phenoxy) is 1. The molecule has 76 valence electrons. The van der Waals surface area contributed by atoms with Gasteiger partial charge in [0.2, 0.25) is 8.32 Å². The highest BCUT2D eigenvalue weighted by Gasteiger charge is 2.36. The minimum absolute atomic E-state index is 0.0400. The molecule has 1 atom stereocenters. The van der Waals surface area contributed by atoms with Crippen molar-refractivity contribution >= 4 is 24.8 Å². The average Bonchev–Trinajstić information content (AvgIpc) is 2.30. The molecule has 0 aromatic carbocycles. The molecule has 1 unspecified atom stereocenters. The van der Waals surface area contributed by atoms with Crippen molar-refractivity contribution < 1.29 is 13.6 Å². The van der Waals surface area contributed by atoms with Gasteiger partial charge in [-0.2, -0.15) is 0 Å². The summed E-state index contributed by atoms with van der Waals surface area (Å²) in [5.74, 6) is -0.0400. The van der Waals surface area contributed by atoms with Gasteiger partial charge in [-0.25, -0.2) is 0 Å². The normalized spacial score (nSPS) is 25.4. The Morgan fingerprint density at radius 2 is 2.23 bits per heavy atom. The van der Waals surface area contributed by atoms with Crippen LogP contribution in [0.4, 0.5) is 0 Å². The van der Waals surface area contributed by atoms with Crippen LogP contribution in [0.3, 0.4) is 0 Å². The zero-order chi connectivity index (χ0) is 9.90. The molecule has 1 aliphatic rings. The molecule has 0 N–H and O–H groups in total. The largest absolute Gasteiger partial charge is 0.463 e. The smallest absolute Gasteiger partial charge is 0.305 e. The highest BCUT2D eigenvalue weighted by Crippen LogP contribution is 2.22. The monoisotopic (exact) mass is 218 g/mol. The van der Waals surface area contributed by atoms with E-state index in [1.54, 1.807) is 0 Å². The second-order valence-electron chi connectivity index (χ2n) is 4.03. The Morgan fingerprint density at radius 1 is 1.54 bits per heavy atom. The van der Waals surface area contributed by atoms with Crippen LogP contribution in [0.25, 0.3) is 0 Å². The lowest BCUT2D eigenvalue weighted by atomic mass is 10.2. The second kappa shape index (κ2) is 4.39. The summed E-state index contributed by atoms with van der Waals surface area (Å²) in [4.78, 5) is 11.2. The zero-order valence-corrected chi connectivity index (χ0v) is 11.6. The summed E-state index contributed by atoms with van der Waals surface area (Å²) >= 11 is 0. The predicted octanol–water partition coefficient (Wildman–Crippen LogP) is 0.513. The van der Waals surface area contributed by atoms with Crippen molar-refractivity contribution in [3.63, 3.8) is 0 Å². The van der Waals surface area contributed by atoms with Gasteiger partial charge in [-0.15, -0.1) is 0 Å². The maximum atomic E-state index is 11.2. The summed E-state index contributed by atoms with van der Waals surface area (Å²) in [5, 5.41) is 0.